The molecule has 34 heavy (non-hydrogen) atoms. The van der Waals surface area contributed by atoms with E-state index in [0.717, 1.165) is 40.8 Å². The van der Waals surface area contributed by atoms with Crippen LogP contribution in [-0.2, 0) is 17.9 Å². The molecule has 6 nitrogen and oxygen atoms in total. The first-order valence-corrected chi connectivity index (χ1v) is 13.2. The molecule has 180 valence electrons. The van der Waals surface area contributed by atoms with E-state index in [1.54, 1.807) is 16.2 Å². The lowest BCUT2D eigenvalue weighted by atomic mass is 9.85. The molecular weight excluding hydrogens is 446 g/mol. The number of thiophene rings is 1. The number of benzene rings is 1. The van der Waals surface area contributed by atoms with Gasteiger partial charge in [0, 0.05) is 12.6 Å². The van der Waals surface area contributed by atoms with Crippen LogP contribution in [0, 0.1) is 5.92 Å². The molecule has 0 radical (unpaired) electrons. The van der Waals surface area contributed by atoms with Gasteiger partial charge in [-0.15, -0.1) is 11.3 Å². The third kappa shape index (κ3) is 4.00. The van der Waals surface area contributed by atoms with Crippen molar-refractivity contribution >= 4 is 33.4 Å². The predicted molar refractivity (Wildman–Crippen MR) is 135 cm³/mol. The van der Waals surface area contributed by atoms with Crippen molar-refractivity contribution in [1.82, 2.24) is 14.8 Å². The second kappa shape index (κ2) is 9.10. The normalized spacial score (nSPS) is 24.8. The zero-order valence-electron chi connectivity index (χ0n) is 20.2. The fraction of sp³-hybridized carbons (Fsp3) is 0.481. The Balaban J connectivity index is 1.49. The van der Waals surface area contributed by atoms with Crippen molar-refractivity contribution < 1.29 is 14.3 Å². The molecule has 2 amide bonds. The highest BCUT2D eigenvalue weighted by atomic mass is 32.1. The van der Waals surface area contributed by atoms with Gasteiger partial charge in [-0.3, -0.25) is 9.59 Å². The van der Waals surface area contributed by atoms with Crippen molar-refractivity contribution in [2.75, 3.05) is 6.61 Å². The zero-order chi connectivity index (χ0) is 23.9. The van der Waals surface area contributed by atoms with Crippen LogP contribution in [0.3, 0.4) is 0 Å². The van der Waals surface area contributed by atoms with Crippen LogP contribution >= 0.6 is 11.3 Å². The number of nitrogens with one attached hydrogen (secondary N) is 1. The first-order valence-electron chi connectivity index (χ1n) is 12.3. The summed E-state index contributed by atoms with van der Waals surface area (Å²) >= 11 is 1.63. The molecule has 1 aliphatic carbocycles. The summed E-state index contributed by atoms with van der Waals surface area (Å²) in [6.45, 7) is 7.51. The number of carbonyl (C=O) groups is 2. The molecule has 1 aliphatic heterocycles. The van der Waals surface area contributed by atoms with Gasteiger partial charge in [0.2, 0.25) is 5.91 Å². The van der Waals surface area contributed by atoms with Crippen LogP contribution in [0.25, 0.3) is 10.2 Å². The molecule has 3 heterocycles. The van der Waals surface area contributed by atoms with Gasteiger partial charge in [0.1, 0.15) is 17.0 Å². The minimum Gasteiger partial charge on any atom is -0.494 e. The maximum Gasteiger partial charge on any atom is 0.271 e. The Kier molecular flexibility index (Phi) is 6.15. The molecule has 1 aromatic carbocycles. The third-order valence-electron chi connectivity index (χ3n) is 7.54. The Labute approximate surface area is 204 Å². The molecule has 1 saturated carbocycles. The van der Waals surface area contributed by atoms with E-state index in [0.29, 0.717) is 31.3 Å². The van der Waals surface area contributed by atoms with Crippen molar-refractivity contribution in [1.29, 1.82) is 0 Å². The Hall–Kier alpha value is -2.80. The van der Waals surface area contributed by atoms with Gasteiger partial charge in [-0.05, 0) is 67.8 Å². The summed E-state index contributed by atoms with van der Waals surface area (Å²) in [7, 11) is 0. The first-order chi connectivity index (χ1) is 16.4. The smallest absolute Gasteiger partial charge is 0.271 e. The fourth-order valence-electron chi connectivity index (χ4n) is 5.42. The standard InChI is InChI=1S/C27H33N3O3S/c1-4-33-20-11-9-19(10-12-20)16-30-25(31)23-15-24-22(13-14-34-24)29(23)17-27(30,3)26(32)28-21-8-6-5-7-18(21)2/h9-15,18,21H,4-8,16-17H2,1-3H3,(H,28,32)/t18?,21?,27-/m1/s1. The minimum absolute atomic E-state index is 0.0618. The largest absolute Gasteiger partial charge is 0.494 e. The Morgan fingerprint density at radius 1 is 1.21 bits per heavy atom. The third-order valence-corrected chi connectivity index (χ3v) is 8.39. The van der Waals surface area contributed by atoms with Crippen LogP contribution in [0.5, 0.6) is 5.75 Å². The SMILES string of the molecule is CCOc1ccc(CN2C(=O)c3cc4sccc4n3C[C@]2(C)C(=O)NC2CCCCC2C)cc1. The number of rotatable bonds is 6. The summed E-state index contributed by atoms with van der Waals surface area (Å²) in [5.74, 6) is 1.09. The molecule has 3 aromatic rings. The predicted octanol–water partition coefficient (Wildman–Crippen LogP) is 5.21. The Morgan fingerprint density at radius 3 is 2.71 bits per heavy atom. The van der Waals surface area contributed by atoms with E-state index in [1.165, 1.54) is 6.42 Å². The van der Waals surface area contributed by atoms with E-state index in [-0.39, 0.29) is 17.9 Å². The highest BCUT2D eigenvalue weighted by molar-refractivity contribution is 7.17. The minimum atomic E-state index is -0.992. The van der Waals surface area contributed by atoms with E-state index in [9.17, 15) is 9.59 Å². The maximum atomic E-state index is 13.9. The van der Waals surface area contributed by atoms with Crippen molar-refractivity contribution in [2.45, 2.75) is 71.1 Å². The van der Waals surface area contributed by atoms with Crippen LogP contribution in [0.1, 0.15) is 62.5 Å². The van der Waals surface area contributed by atoms with Gasteiger partial charge in [-0.25, -0.2) is 0 Å². The molecule has 3 atom stereocenters. The zero-order valence-corrected chi connectivity index (χ0v) is 21.0. The number of amides is 2. The number of fused-ring (bicyclic) bond motifs is 3. The molecular formula is C27H33N3O3S. The quantitative estimate of drug-likeness (QED) is 0.528. The summed E-state index contributed by atoms with van der Waals surface area (Å²) in [5, 5.41) is 5.38. The topological polar surface area (TPSA) is 63.6 Å². The average Bonchev–Trinajstić information content (AvgIpc) is 3.42. The number of carbonyl (C=O) groups excluding carboxylic acids is 2. The summed E-state index contributed by atoms with van der Waals surface area (Å²) < 4.78 is 8.68. The van der Waals surface area contributed by atoms with Crippen LogP contribution in [0.4, 0.5) is 0 Å². The van der Waals surface area contributed by atoms with Crippen LogP contribution in [0.2, 0.25) is 0 Å². The number of hydrogen-bond acceptors (Lipinski definition) is 4. The lowest BCUT2D eigenvalue weighted by Gasteiger charge is -2.45. The molecule has 0 spiro atoms. The highest BCUT2D eigenvalue weighted by Gasteiger charge is 2.48. The van der Waals surface area contributed by atoms with Crippen LogP contribution in [0.15, 0.2) is 41.8 Å². The molecule has 1 fully saturated rings. The molecule has 2 aromatic heterocycles. The number of ether oxygens (including phenoxy) is 1. The van der Waals surface area contributed by atoms with Crippen molar-refractivity contribution in [3.8, 4) is 5.75 Å². The highest BCUT2D eigenvalue weighted by Crippen LogP contribution is 2.36. The molecule has 2 unspecified atom stereocenters. The van der Waals surface area contributed by atoms with E-state index in [1.807, 2.05) is 60.2 Å². The Bertz CT molecular complexity index is 1200. The number of hydrogen-bond donors (Lipinski definition) is 1. The van der Waals surface area contributed by atoms with Crippen molar-refractivity contribution in [2.24, 2.45) is 5.92 Å². The average molecular weight is 480 g/mol. The van der Waals surface area contributed by atoms with Gasteiger partial charge in [-0.1, -0.05) is 31.9 Å². The second-order valence-electron chi connectivity index (χ2n) is 9.87. The van der Waals surface area contributed by atoms with Gasteiger partial charge >= 0.3 is 0 Å². The molecule has 2 aliphatic rings. The van der Waals surface area contributed by atoms with Gasteiger partial charge in [0.25, 0.3) is 5.91 Å². The number of nitrogens with zero attached hydrogens (tertiary/aromatic N) is 2. The summed E-state index contributed by atoms with van der Waals surface area (Å²) in [5.41, 5.74) is 1.67. The van der Waals surface area contributed by atoms with Gasteiger partial charge < -0.3 is 19.5 Å². The summed E-state index contributed by atoms with van der Waals surface area (Å²) in [6, 6.07) is 12.0. The summed E-state index contributed by atoms with van der Waals surface area (Å²) in [6.07, 6.45) is 4.49. The van der Waals surface area contributed by atoms with E-state index < -0.39 is 5.54 Å². The molecule has 0 saturated heterocycles. The van der Waals surface area contributed by atoms with Gasteiger partial charge in [-0.2, -0.15) is 0 Å². The molecule has 5 rings (SSSR count). The summed E-state index contributed by atoms with van der Waals surface area (Å²) in [4.78, 5) is 29.5. The fourth-order valence-corrected chi connectivity index (χ4v) is 6.24. The van der Waals surface area contributed by atoms with E-state index >= 15 is 0 Å². The Morgan fingerprint density at radius 2 is 1.97 bits per heavy atom. The van der Waals surface area contributed by atoms with Gasteiger partial charge in [0.15, 0.2) is 0 Å². The van der Waals surface area contributed by atoms with Crippen LogP contribution < -0.4 is 10.1 Å². The van der Waals surface area contributed by atoms with Crippen LogP contribution in [-0.4, -0.2) is 39.5 Å². The molecule has 0 bridgehead atoms. The molecule has 1 N–H and O–H groups in total. The first kappa shape index (κ1) is 23.0. The van der Waals surface area contributed by atoms with Crippen molar-refractivity contribution in [3.05, 3.63) is 53.0 Å². The van der Waals surface area contributed by atoms with E-state index in [2.05, 4.69) is 12.2 Å². The second-order valence-corrected chi connectivity index (χ2v) is 10.8. The maximum absolute atomic E-state index is 13.9. The van der Waals surface area contributed by atoms with E-state index in [4.69, 9.17) is 4.74 Å². The van der Waals surface area contributed by atoms with Crippen molar-refractivity contribution in [3.63, 3.8) is 0 Å². The lowest BCUT2D eigenvalue weighted by molar-refractivity contribution is -0.134. The number of aromatic nitrogens is 1. The lowest BCUT2D eigenvalue weighted by Crippen LogP contribution is -2.65. The monoisotopic (exact) mass is 479 g/mol. The molecule has 7 heteroatoms. The van der Waals surface area contributed by atoms with Gasteiger partial charge in [0.05, 0.1) is 23.4 Å².